The second kappa shape index (κ2) is 6.15. The summed E-state index contributed by atoms with van der Waals surface area (Å²) >= 11 is 5.86. The number of carbonyl (C=O) groups is 1. The highest BCUT2D eigenvalue weighted by molar-refractivity contribution is 6.33. The molecular weight excluding hydrogens is 296 g/mol. The van der Waals surface area contributed by atoms with Gasteiger partial charge in [0.05, 0.1) is 16.8 Å². The summed E-state index contributed by atoms with van der Waals surface area (Å²) in [7, 11) is 0. The molecule has 0 aliphatic heterocycles. The first-order chi connectivity index (χ1) is 10.0. The van der Waals surface area contributed by atoms with Gasteiger partial charge in [-0.3, -0.25) is 4.79 Å². The first kappa shape index (κ1) is 14.7. The van der Waals surface area contributed by atoms with E-state index in [2.05, 4.69) is 10.5 Å². The molecule has 0 saturated carbocycles. The van der Waals surface area contributed by atoms with Gasteiger partial charge in [0.1, 0.15) is 0 Å². The van der Waals surface area contributed by atoms with E-state index in [9.17, 15) is 20.1 Å². The maximum Gasteiger partial charge on any atom is 0.272 e. The van der Waals surface area contributed by atoms with Crippen LogP contribution in [0.15, 0.2) is 41.5 Å². The summed E-state index contributed by atoms with van der Waals surface area (Å²) < 4.78 is 0. The lowest BCUT2D eigenvalue weighted by Gasteiger charge is -2.04. The van der Waals surface area contributed by atoms with E-state index >= 15 is 0 Å². The molecular formula is C14H11ClN2O4. The number of carbonyl (C=O) groups excluding carboxylic acids is 1. The number of phenols is 3. The van der Waals surface area contributed by atoms with Crippen LogP contribution in [-0.2, 0) is 0 Å². The SMILES string of the molecule is O=C(NN=Cc1ccc(O)c(O)c1O)c1ccccc1Cl. The molecule has 7 heteroatoms. The van der Waals surface area contributed by atoms with E-state index in [0.717, 1.165) is 6.21 Å². The molecule has 108 valence electrons. The number of nitrogens with zero attached hydrogens (tertiary/aromatic N) is 1. The first-order valence-electron chi connectivity index (χ1n) is 5.82. The van der Waals surface area contributed by atoms with Gasteiger partial charge in [0.2, 0.25) is 5.75 Å². The van der Waals surface area contributed by atoms with Gasteiger partial charge in [-0.05, 0) is 24.3 Å². The van der Waals surface area contributed by atoms with Crippen LogP contribution in [0.5, 0.6) is 17.2 Å². The van der Waals surface area contributed by atoms with E-state index in [0.29, 0.717) is 0 Å². The van der Waals surface area contributed by atoms with Crippen LogP contribution >= 0.6 is 11.6 Å². The smallest absolute Gasteiger partial charge is 0.272 e. The molecule has 0 spiro atoms. The second-order valence-corrected chi connectivity index (χ2v) is 4.46. The normalized spacial score (nSPS) is 10.7. The molecule has 4 N–H and O–H groups in total. The fraction of sp³-hybridized carbons (Fsp3) is 0. The number of hydrazone groups is 1. The average Bonchev–Trinajstić information content (AvgIpc) is 2.47. The van der Waals surface area contributed by atoms with Gasteiger partial charge in [-0.15, -0.1) is 0 Å². The molecule has 0 unspecified atom stereocenters. The van der Waals surface area contributed by atoms with E-state index in [1.165, 1.54) is 18.2 Å². The summed E-state index contributed by atoms with van der Waals surface area (Å²) in [5.41, 5.74) is 2.63. The maximum atomic E-state index is 11.8. The molecule has 0 saturated heterocycles. The molecule has 0 atom stereocenters. The predicted octanol–water partition coefficient (Wildman–Crippen LogP) is 2.22. The average molecular weight is 307 g/mol. The number of benzene rings is 2. The molecule has 0 aromatic heterocycles. The number of phenolic OH excluding ortho intramolecular Hbond substituents is 3. The van der Waals surface area contributed by atoms with Crippen molar-refractivity contribution in [2.24, 2.45) is 5.10 Å². The summed E-state index contributed by atoms with van der Waals surface area (Å²) in [6.45, 7) is 0. The summed E-state index contributed by atoms with van der Waals surface area (Å²) in [5, 5.41) is 32.0. The van der Waals surface area contributed by atoms with E-state index < -0.39 is 23.2 Å². The number of rotatable bonds is 3. The molecule has 1 amide bonds. The lowest BCUT2D eigenvalue weighted by Crippen LogP contribution is -2.17. The van der Waals surface area contributed by atoms with Gasteiger partial charge in [-0.1, -0.05) is 23.7 Å². The Balaban J connectivity index is 2.12. The van der Waals surface area contributed by atoms with Crippen LogP contribution in [-0.4, -0.2) is 27.4 Å². The Morgan fingerprint density at radius 3 is 2.52 bits per heavy atom. The Morgan fingerprint density at radius 1 is 1.10 bits per heavy atom. The quantitative estimate of drug-likeness (QED) is 0.396. The minimum Gasteiger partial charge on any atom is -0.504 e. The Hall–Kier alpha value is -2.73. The molecule has 2 rings (SSSR count). The molecule has 21 heavy (non-hydrogen) atoms. The van der Waals surface area contributed by atoms with Gasteiger partial charge < -0.3 is 15.3 Å². The fourth-order valence-electron chi connectivity index (χ4n) is 1.55. The molecule has 0 heterocycles. The van der Waals surface area contributed by atoms with Crippen molar-refractivity contribution in [1.29, 1.82) is 0 Å². The van der Waals surface area contributed by atoms with Gasteiger partial charge >= 0.3 is 0 Å². The Labute approximate surface area is 124 Å². The minimum absolute atomic E-state index is 0.129. The fourth-order valence-corrected chi connectivity index (χ4v) is 1.78. The highest BCUT2D eigenvalue weighted by atomic mass is 35.5. The molecule has 6 nitrogen and oxygen atoms in total. The predicted molar refractivity (Wildman–Crippen MR) is 77.9 cm³/mol. The van der Waals surface area contributed by atoms with Gasteiger partial charge in [0, 0.05) is 5.56 Å². The highest BCUT2D eigenvalue weighted by Gasteiger charge is 2.10. The topological polar surface area (TPSA) is 102 Å². The lowest BCUT2D eigenvalue weighted by atomic mass is 10.2. The monoisotopic (exact) mass is 306 g/mol. The van der Waals surface area contributed by atoms with Crippen LogP contribution in [0.25, 0.3) is 0 Å². The van der Waals surface area contributed by atoms with Crippen LogP contribution < -0.4 is 5.43 Å². The summed E-state index contributed by atoms with van der Waals surface area (Å²) in [6, 6.07) is 8.98. The molecule has 0 fully saturated rings. The van der Waals surface area contributed by atoms with Crippen molar-refractivity contribution in [2.75, 3.05) is 0 Å². The Kier molecular flexibility index (Phi) is 4.30. The number of nitrogens with one attached hydrogen (secondary N) is 1. The van der Waals surface area contributed by atoms with Gasteiger partial charge in [-0.2, -0.15) is 5.10 Å². The van der Waals surface area contributed by atoms with Crippen LogP contribution in [0.4, 0.5) is 0 Å². The molecule has 0 aliphatic rings. The van der Waals surface area contributed by atoms with E-state index in [-0.39, 0.29) is 16.1 Å². The molecule has 0 radical (unpaired) electrons. The molecule has 2 aromatic rings. The molecule has 0 aliphatic carbocycles. The largest absolute Gasteiger partial charge is 0.504 e. The Bertz CT molecular complexity index is 716. The second-order valence-electron chi connectivity index (χ2n) is 4.05. The van der Waals surface area contributed by atoms with Crippen LogP contribution in [0.1, 0.15) is 15.9 Å². The van der Waals surface area contributed by atoms with Crippen molar-refractivity contribution < 1.29 is 20.1 Å². The maximum absolute atomic E-state index is 11.8. The minimum atomic E-state index is -0.656. The standard InChI is InChI=1S/C14H11ClN2O4/c15-10-4-2-1-3-9(10)14(21)17-16-7-8-5-6-11(18)13(20)12(8)19/h1-7,18-20H,(H,17,21). The van der Waals surface area contributed by atoms with Crippen molar-refractivity contribution in [3.63, 3.8) is 0 Å². The zero-order chi connectivity index (χ0) is 15.4. The van der Waals surface area contributed by atoms with E-state index in [4.69, 9.17) is 11.6 Å². The number of hydrogen-bond donors (Lipinski definition) is 4. The van der Waals surface area contributed by atoms with Crippen molar-refractivity contribution in [1.82, 2.24) is 5.43 Å². The summed E-state index contributed by atoms with van der Waals surface area (Å²) in [5.74, 6) is -2.16. The van der Waals surface area contributed by atoms with Gasteiger partial charge in [-0.25, -0.2) is 5.43 Å². The van der Waals surface area contributed by atoms with Gasteiger partial charge in [0.25, 0.3) is 5.91 Å². The first-order valence-corrected chi connectivity index (χ1v) is 6.20. The zero-order valence-electron chi connectivity index (χ0n) is 10.6. The van der Waals surface area contributed by atoms with Crippen LogP contribution in [0.3, 0.4) is 0 Å². The third-order valence-electron chi connectivity index (χ3n) is 2.65. The third kappa shape index (κ3) is 3.24. The van der Waals surface area contributed by atoms with E-state index in [1.807, 2.05) is 0 Å². The van der Waals surface area contributed by atoms with Crippen molar-refractivity contribution >= 4 is 23.7 Å². The molecule has 0 bridgehead atoms. The van der Waals surface area contributed by atoms with E-state index in [1.54, 1.807) is 18.2 Å². The Morgan fingerprint density at radius 2 is 1.81 bits per heavy atom. The number of amides is 1. The third-order valence-corrected chi connectivity index (χ3v) is 2.98. The van der Waals surface area contributed by atoms with Crippen LogP contribution in [0.2, 0.25) is 5.02 Å². The number of hydrogen-bond acceptors (Lipinski definition) is 5. The van der Waals surface area contributed by atoms with Crippen molar-refractivity contribution in [3.8, 4) is 17.2 Å². The zero-order valence-corrected chi connectivity index (χ0v) is 11.4. The van der Waals surface area contributed by atoms with Gasteiger partial charge in [0.15, 0.2) is 11.5 Å². The summed E-state index contributed by atoms with van der Waals surface area (Å²) in [6.07, 6.45) is 1.13. The van der Waals surface area contributed by atoms with Crippen molar-refractivity contribution in [3.05, 3.63) is 52.5 Å². The summed E-state index contributed by atoms with van der Waals surface area (Å²) in [4.78, 5) is 11.8. The lowest BCUT2D eigenvalue weighted by molar-refractivity contribution is 0.0955. The number of aromatic hydroxyl groups is 3. The van der Waals surface area contributed by atoms with Crippen LogP contribution in [0, 0.1) is 0 Å². The highest BCUT2D eigenvalue weighted by Crippen LogP contribution is 2.36. The number of halogens is 1. The molecule has 2 aromatic carbocycles. The van der Waals surface area contributed by atoms with Crippen molar-refractivity contribution in [2.45, 2.75) is 0 Å².